The first-order valence-corrected chi connectivity index (χ1v) is 13.5. The standard InChI is InChI=1S/C21H28B3F3O7S/c22-6-10-1-13(7-23)16(8-24)15(2-10)20(29)33-17-5-11-3-12(17)4-14(11)19(28)34-18(21(25,26)27)9-35(30,31)32/h1-2,11-12,14,17-18H,3-9,22-24H2,(H,30,31,32). The van der Waals surface area contributed by atoms with Crippen molar-refractivity contribution in [2.45, 2.75) is 56.6 Å². The van der Waals surface area contributed by atoms with Crippen molar-refractivity contribution in [2.24, 2.45) is 17.8 Å². The first-order chi connectivity index (χ1) is 16.3. The van der Waals surface area contributed by atoms with Gasteiger partial charge in [0.15, 0.2) is 0 Å². The lowest BCUT2D eigenvalue weighted by Crippen LogP contribution is -2.42. The van der Waals surface area contributed by atoms with E-state index in [1.54, 1.807) is 0 Å². The van der Waals surface area contributed by atoms with E-state index in [0.29, 0.717) is 24.7 Å². The summed E-state index contributed by atoms with van der Waals surface area (Å²) in [6.07, 6.45) is -5.29. The van der Waals surface area contributed by atoms with E-state index in [2.05, 4.69) is 10.8 Å². The molecular formula is C21H28B3F3O7S. The topological polar surface area (TPSA) is 107 Å². The molecule has 1 aromatic carbocycles. The number of ether oxygens (including phenoxy) is 2. The van der Waals surface area contributed by atoms with Gasteiger partial charge in [-0.3, -0.25) is 9.35 Å². The van der Waals surface area contributed by atoms with Crippen LogP contribution in [0.3, 0.4) is 0 Å². The molecule has 2 bridgehead atoms. The number of rotatable bonds is 9. The fraction of sp³-hybridized carbons (Fsp3) is 0.619. The highest BCUT2D eigenvalue weighted by atomic mass is 32.2. The Labute approximate surface area is 205 Å². The van der Waals surface area contributed by atoms with Crippen molar-refractivity contribution in [1.82, 2.24) is 0 Å². The molecule has 0 saturated heterocycles. The molecular weight excluding hydrogens is 486 g/mol. The second-order valence-corrected chi connectivity index (χ2v) is 10.8. The van der Waals surface area contributed by atoms with Gasteiger partial charge in [0.05, 0.1) is 11.5 Å². The van der Waals surface area contributed by atoms with Crippen LogP contribution in [0.1, 0.15) is 46.3 Å². The molecule has 190 valence electrons. The molecule has 0 heterocycles. The summed E-state index contributed by atoms with van der Waals surface area (Å²) in [6, 6.07) is 3.94. The Morgan fingerprint density at radius 1 is 1.06 bits per heavy atom. The van der Waals surface area contributed by atoms with Gasteiger partial charge in [0.1, 0.15) is 35.4 Å². The van der Waals surface area contributed by atoms with E-state index in [-0.39, 0.29) is 18.3 Å². The maximum atomic E-state index is 13.1. The Morgan fingerprint density at radius 2 is 1.74 bits per heavy atom. The number of benzene rings is 1. The highest BCUT2D eigenvalue weighted by Crippen LogP contribution is 2.50. The summed E-state index contributed by atoms with van der Waals surface area (Å²) < 4.78 is 80.3. The molecule has 2 aliphatic carbocycles. The fourth-order valence-electron chi connectivity index (χ4n) is 5.39. The van der Waals surface area contributed by atoms with Crippen LogP contribution in [-0.4, -0.2) is 72.6 Å². The van der Waals surface area contributed by atoms with Crippen molar-refractivity contribution in [3.05, 3.63) is 34.4 Å². The third kappa shape index (κ3) is 6.44. The highest BCUT2D eigenvalue weighted by Gasteiger charge is 2.53. The van der Waals surface area contributed by atoms with Crippen LogP contribution in [0.4, 0.5) is 13.2 Å². The number of esters is 2. The predicted octanol–water partition coefficient (Wildman–Crippen LogP) is 0.0193. The van der Waals surface area contributed by atoms with Crippen molar-refractivity contribution in [3.63, 3.8) is 0 Å². The van der Waals surface area contributed by atoms with Crippen LogP contribution < -0.4 is 0 Å². The van der Waals surface area contributed by atoms with E-state index >= 15 is 0 Å². The van der Waals surface area contributed by atoms with Gasteiger partial charge in [-0.25, -0.2) is 4.79 Å². The number of alkyl halides is 3. The Kier molecular flexibility index (Phi) is 8.35. The maximum Gasteiger partial charge on any atom is 0.426 e. The molecule has 2 saturated carbocycles. The summed E-state index contributed by atoms with van der Waals surface area (Å²) >= 11 is 0. The molecule has 1 N–H and O–H groups in total. The number of hydrogen-bond acceptors (Lipinski definition) is 6. The second kappa shape index (κ2) is 10.6. The molecule has 1 aromatic rings. The Morgan fingerprint density at radius 3 is 2.23 bits per heavy atom. The molecule has 5 unspecified atom stereocenters. The summed E-state index contributed by atoms with van der Waals surface area (Å²) in [5, 5.41) is 0. The first-order valence-electron chi connectivity index (χ1n) is 11.8. The maximum absolute atomic E-state index is 13.1. The molecule has 0 aromatic heterocycles. The van der Waals surface area contributed by atoms with E-state index < -0.39 is 52.1 Å². The molecule has 5 atom stereocenters. The second-order valence-electron chi connectivity index (χ2n) is 9.33. The molecule has 2 aliphatic rings. The Bertz CT molecular complexity index is 1080. The SMILES string of the molecule is BCc1cc(CB)c(CB)c(C(=O)OC2CC3CC2CC3C(=O)OC(CS(=O)(=O)O)C(F)(F)F)c1. The zero-order chi connectivity index (χ0) is 26.1. The molecule has 35 heavy (non-hydrogen) atoms. The Balaban J connectivity index is 1.67. The van der Waals surface area contributed by atoms with E-state index in [4.69, 9.17) is 9.29 Å². The first kappa shape index (κ1) is 27.6. The molecule has 0 radical (unpaired) electrons. The van der Waals surface area contributed by atoms with Gasteiger partial charge in [-0.15, -0.1) is 0 Å². The van der Waals surface area contributed by atoms with Gasteiger partial charge in [-0.05, 0) is 42.7 Å². The average molecular weight is 514 g/mol. The van der Waals surface area contributed by atoms with Crippen LogP contribution >= 0.6 is 0 Å². The highest BCUT2D eigenvalue weighted by molar-refractivity contribution is 7.85. The lowest BCUT2D eigenvalue weighted by Gasteiger charge is -2.28. The van der Waals surface area contributed by atoms with Crippen LogP contribution in [0.5, 0.6) is 0 Å². The third-order valence-corrected chi connectivity index (χ3v) is 7.83. The minimum Gasteiger partial charge on any atom is -0.458 e. The molecule has 3 rings (SSSR count). The monoisotopic (exact) mass is 514 g/mol. The Hall–Kier alpha value is -1.95. The van der Waals surface area contributed by atoms with Crippen LogP contribution in [-0.2, 0) is 43.3 Å². The van der Waals surface area contributed by atoms with Gasteiger partial charge >= 0.3 is 18.1 Å². The minimum atomic E-state index is -5.14. The summed E-state index contributed by atoms with van der Waals surface area (Å²) in [5.41, 5.74) is 3.60. The number of carbonyl (C=O) groups is 2. The molecule has 0 amide bonds. The lowest BCUT2D eigenvalue weighted by atomic mass is 9.81. The summed E-state index contributed by atoms with van der Waals surface area (Å²) in [4.78, 5) is 25.5. The fourth-order valence-corrected chi connectivity index (χ4v) is 6.03. The minimum absolute atomic E-state index is 0.188. The number of hydrogen-bond donors (Lipinski definition) is 1. The van der Waals surface area contributed by atoms with E-state index in [1.807, 2.05) is 29.6 Å². The van der Waals surface area contributed by atoms with E-state index in [9.17, 15) is 31.2 Å². The van der Waals surface area contributed by atoms with Crippen LogP contribution in [0.15, 0.2) is 12.1 Å². The normalized spacial score (nSPS) is 24.8. The van der Waals surface area contributed by atoms with Crippen LogP contribution in [0.2, 0.25) is 0 Å². The van der Waals surface area contributed by atoms with Crippen LogP contribution in [0.25, 0.3) is 0 Å². The molecule has 2 fully saturated rings. The number of fused-ring (bicyclic) bond motifs is 2. The molecule has 14 heteroatoms. The zero-order valence-electron chi connectivity index (χ0n) is 19.9. The van der Waals surface area contributed by atoms with Crippen molar-refractivity contribution in [3.8, 4) is 0 Å². The van der Waals surface area contributed by atoms with E-state index in [0.717, 1.165) is 29.3 Å². The lowest BCUT2D eigenvalue weighted by molar-refractivity contribution is -0.218. The molecule has 0 aliphatic heterocycles. The van der Waals surface area contributed by atoms with Gasteiger partial charge in [-0.1, -0.05) is 36.2 Å². The van der Waals surface area contributed by atoms with Gasteiger partial charge in [0.25, 0.3) is 10.1 Å². The summed E-state index contributed by atoms with van der Waals surface area (Å²) in [5.74, 6) is -4.71. The summed E-state index contributed by atoms with van der Waals surface area (Å²) in [7, 11) is 0.997. The van der Waals surface area contributed by atoms with Gasteiger partial charge in [0.2, 0.25) is 6.10 Å². The molecule has 0 spiro atoms. The van der Waals surface area contributed by atoms with Crippen LogP contribution in [0, 0.1) is 17.8 Å². The van der Waals surface area contributed by atoms with Crippen molar-refractivity contribution >= 4 is 45.6 Å². The quantitative estimate of drug-likeness (QED) is 0.282. The number of halogens is 3. The van der Waals surface area contributed by atoms with Gasteiger partial charge < -0.3 is 9.47 Å². The van der Waals surface area contributed by atoms with Crippen molar-refractivity contribution < 1.29 is 45.2 Å². The third-order valence-electron chi connectivity index (χ3n) is 7.10. The zero-order valence-corrected chi connectivity index (χ0v) is 20.7. The van der Waals surface area contributed by atoms with Crippen molar-refractivity contribution in [2.75, 3.05) is 5.75 Å². The molecule has 7 nitrogen and oxygen atoms in total. The largest absolute Gasteiger partial charge is 0.458 e. The average Bonchev–Trinajstić information content (AvgIpc) is 3.36. The predicted molar refractivity (Wildman–Crippen MR) is 129 cm³/mol. The smallest absolute Gasteiger partial charge is 0.426 e. The van der Waals surface area contributed by atoms with Gasteiger partial charge in [-0.2, -0.15) is 21.6 Å². The summed E-state index contributed by atoms with van der Waals surface area (Å²) in [6.45, 7) is 0. The van der Waals surface area contributed by atoms with Gasteiger partial charge in [0, 0.05) is 0 Å². The van der Waals surface area contributed by atoms with E-state index in [1.165, 1.54) is 0 Å². The van der Waals surface area contributed by atoms with Crippen molar-refractivity contribution in [1.29, 1.82) is 0 Å². The number of carbonyl (C=O) groups excluding carboxylic acids is 2.